The van der Waals surface area contributed by atoms with Gasteiger partial charge in [0.2, 0.25) is 0 Å². The largest absolute Gasteiger partial charge is 0.349 e. The Morgan fingerprint density at radius 3 is 1.26 bits per heavy atom. The highest BCUT2D eigenvalue weighted by Crippen LogP contribution is 2.52. The Bertz CT molecular complexity index is 2130. The van der Waals surface area contributed by atoms with Gasteiger partial charge in [-0.15, -0.1) is 0 Å². The van der Waals surface area contributed by atoms with Crippen LogP contribution in [0, 0.1) is 0 Å². The number of amides is 2. The van der Waals surface area contributed by atoms with Gasteiger partial charge in [-0.1, -0.05) is 69.9 Å². The summed E-state index contributed by atoms with van der Waals surface area (Å²) in [6, 6.07) is 36.9. The molecule has 9 rings (SSSR count). The van der Waals surface area contributed by atoms with Gasteiger partial charge in [0, 0.05) is 46.6 Å². The topological polar surface area (TPSA) is 90.3 Å². The fourth-order valence-corrected chi connectivity index (χ4v) is 7.47. The van der Waals surface area contributed by atoms with E-state index in [2.05, 4.69) is 10.3 Å². The first-order chi connectivity index (χ1) is 24.3. The molecule has 2 unspecified atom stereocenters. The van der Waals surface area contributed by atoms with Crippen molar-refractivity contribution in [2.24, 2.45) is 10.3 Å². The molecule has 0 saturated heterocycles. The first-order valence-electron chi connectivity index (χ1n) is 15.8. The van der Waals surface area contributed by atoms with E-state index in [1.54, 1.807) is 58.0 Å². The summed E-state index contributed by atoms with van der Waals surface area (Å²) in [7, 11) is 3.44. The first kappa shape index (κ1) is 30.2. The maximum Gasteiger partial charge on any atom is 0.322 e. The molecule has 0 aliphatic carbocycles. The van der Waals surface area contributed by atoms with E-state index < -0.39 is 11.4 Å². The van der Waals surface area contributed by atoms with Gasteiger partial charge in [0.05, 0.1) is 22.5 Å². The molecule has 246 valence electrons. The van der Waals surface area contributed by atoms with Crippen LogP contribution in [-0.2, 0) is 30.7 Å². The third-order valence-electron chi connectivity index (χ3n) is 9.60. The van der Waals surface area contributed by atoms with Crippen LogP contribution in [0.25, 0.3) is 0 Å². The lowest BCUT2D eigenvalue weighted by atomic mass is 9.99. The zero-order valence-corrected chi connectivity index (χ0v) is 28.1. The molecule has 0 fully saturated rings. The Morgan fingerprint density at radius 2 is 0.880 bits per heavy atom. The van der Waals surface area contributed by atoms with E-state index in [-0.39, 0.29) is 11.8 Å². The van der Waals surface area contributed by atoms with E-state index in [1.807, 2.05) is 97.1 Å². The lowest BCUT2D eigenvalue weighted by Crippen LogP contribution is -2.53. The van der Waals surface area contributed by atoms with Crippen LogP contribution >= 0.6 is 23.2 Å². The predicted octanol–water partition coefficient (Wildman–Crippen LogP) is 7.05. The molecule has 12 heteroatoms. The highest BCUT2D eigenvalue weighted by atomic mass is 35.5. The van der Waals surface area contributed by atoms with Gasteiger partial charge in [0.15, 0.2) is 11.7 Å². The second kappa shape index (κ2) is 10.8. The van der Waals surface area contributed by atoms with Crippen LogP contribution in [0.5, 0.6) is 0 Å². The molecule has 50 heavy (non-hydrogen) atoms. The van der Waals surface area contributed by atoms with Crippen molar-refractivity contribution in [2.75, 3.05) is 33.7 Å². The fourth-order valence-electron chi connectivity index (χ4n) is 7.22. The summed E-state index contributed by atoms with van der Waals surface area (Å²) in [5, 5.41) is 10.2. The molecule has 10 nitrogen and oxygen atoms in total. The molecule has 2 spiro atoms. The van der Waals surface area contributed by atoms with E-state index in [1.165, 1.54) is 0 Å². The summed E-state index contributed by atoms with van der Waals surface area (Å²) in [6.45, 7) is 0. The summed E-state index contributed by atoms with van der Waals surface area (Å²) in [4.78, 5) is 47.6. The summed E-state index contributed by atoms with van der Waals surface area (Å²) in [5.74, 6) is 0.268. The quantitative estimate of drug-likeness (QED) is 0.200. The van der Waals surface area contributed by atoms with E-state index in [0.29, 0.717) is 66.7 Å². The van der Waals surface area contributed by atoms with E-state index >= 15 is 0 Å². The molecule has 5 aromatic rings. The lowest BCUT2D eigenvalue weighted by molar-refractivity contribution is -0.140. The maximum atomic E-state index is 14.2. The highest BCUT2D eigenvalue weighted by molar-refractivity contribution is 6.31. The molecule has 0 N–H and O–H groups in total. The smallest absolute Gasteiger partial charge is 0.322 e. The fraction of sp³-hybridized carbons (Fsp3) is 0.105. The minimum Gasteiger partial charge on any atom is -0.349 e. The van der Waals surface area contributed by atoms with E-state index in [0.717, 1.165) is 0 Å². The van der Waals surface area contributed by atoms with Crippen molar-refractivity contribution in [3.8, 4) is 0 Å². The standard InChI is InChI=1S/C38H26Cl2N6O4/c1-43-31-9-5-3-7-29(31)37(35(43)47)45(33(41-49-37)23-11-15-25(39)16-12-23)27-19-21-28(22-20-27)46-34(24-13-17-26(40)18-14-24)42-50-38(46)30-8-4-6-10-32(30)44(2)36(38)48/h3-22H,1-2H3. The van der Waals surface area contributed by atoms with Crippen LogP contribution in [0.2, 0.25) is 10.0 Å². The number of rotatable bonds is 4. The van der Waals surface area contributed by atoms with Crippen LogP contribution in [0.1, 0.15) is 22.3 Å². The molecular formula is C38H26Cl2N6O4. The summed E-state index contributed by atoms with van der Waals surface area (Å²) >= 11 is 12.5. The van der Waals surface area contributed by atoms with Gasteiger partial charge in [-0.25, -0.2) is 0 Å². The lowest BCUT2D eigenvalue weighted by Gasteiger charge is -2.35. The van der Waals surface area contributed by atoms with Crippen molar-refractivity contribution in [1.82, 2.24) is 0 Å². The van der Waals surface area contributed by atoms with Crippen molar-refractivity contribution in [3.63, 3.8) is 0 Å². The SMILES string of the molecule is CN1C(=O)C2(ON=C(c3ccc(Cl)cc3)N2c2ccc(N3C(c4ccc(Cl)cc4)=NOC34C(=O)N(C)c3ccccc34)cc2)c2ccccc21. The number of anilines is 4. The second-order valence-corrected chi connectivity index (χ2v) is 13.1. The van der Waals surface area contributed by atoms with Crippen molar-refractivity contribution in [3.05, 3.63) is 154 Å². The molecule has 4 aliphatic heterocycles. The Labute approximate surface area is 296 Å². The number of hydrogen-bond donors (Lipinski definition) is 0. The zero-order chi connectivity index (χ0) is 34.4. The van der Waals surface area contributed by atoms with Crippen LogP contribution in [0.3, 0.4) is 0 Å². The molecule has 4 aliphatic rings. The zero-order valence-electron chi connectivity index (χ0n) is 26.6. The minimum absolute atomic E-state index is 0.296. The number of carbonyl (C=O) groups excluding carboxylic acids is 2. The van der Waals surface area contributed by atoms with Crippen LogP contribution in [0.4, 0.5) is 22.7 Å². The number of likely N-dealkylation sites (N-methyl/N-ethyl adjacent to an activating group) is 2. The molecule has 2 atom stereocenters. The highest BCUT2D eigenvalue weighted by Gasteiger charge is 2.63. The molecular weight excluding hydrogens is 675 g/mol. The van der Waals surface area contributed by atoms with Crippen LogP contribution in [0.15, 0.2) is 132 Å². The third-order valence-corrected chi connectivity index (χ3v) is 10.1. The second-order valence-electron chi connectivity index (χ2n) is 12.3. The van der Waals surface area contributed by atoms with E-state index in [4.69, 9.17) is 32.9 Å². The van der Waals surface area contributed by atoms with Gasteiger partial charge >= 0.3 is 23.3 Å². The number of oxime groups is 2. The number of carbonyl (C=O) groups is 2. The number of benzene rings is 5. The average Bonchev–Trinajstić information content (AvgIpc) is 3.85. The van der Waals surface area contributed by atoms with Crippen molar-refractivity contribution < 1.29 is 19.3 Å². The Kier molecular flexibility index (Phi) is 6.55. The van der Waals surface area contributed by atoms with Gasteiger partial charge < -0.3 is 19.5 Å². The van der Waals surface area contributed by atoms with Crippen molar-refractivity contribution in [1.29, 1.82) is 0 Å². The van der Waals surface area contributed by atoms with Crippen LogP contribution < -0.4 is 19.6 Å². The Morgan fingerprint density at radius 1 is 0.520 bits per heavy atom. The molecule has 0 radical (unpaired) electrons. The monoisotopic (exact) mass is 700 g/mol. The van der Waals surface area contributed by atoms with Crippen LogP contribution in [-0.4, -0.2) is 37.6 Å². The number of hydrogen-bond acceptors (Lipinski definition) is 8. The molecule has 4 heterocycles. The molecule has 0 aromatic heterocycles. The normalized spacial score (nSPS) is 21.8. The number of halogens is 2. The number of nitrogens with zero attached hydrogens (tertiary/aromatic N) is 6. The van der Waals surface area contributed by atoms with Gasteiger partial charge in [-0.05, 0) is 84.9 Å². The van der Waals surface area contributed by atoms with Crippen molar-refractivity contribution in [2.45, 2.75) is 11.4 Å². The Hall–Kier alpha value is -5.84. The first-order valence-corrected chi connectivity index (χ1v) is 16.5. The van der Waals surface area contributed by atoms with Gasteiger partial charge in [0.1, 0.15) is 0 Å². The molecule has 0 bridgehead atoms. The molecule has 0 saturated carbocycles. The third kappa shape index (κ3) is 3.97. The van der Waals surface area contributed by atoms with Gasteiger partial charge in [-0.3, -0.25) is 19.4 Å². The molecule has 5 aromatic carbocycles. The summed E-state index contributed by atoms with van der Waals surface area (Å²) < 4.78 is 0. The summed E-state index contributed by atoms with van der Waals surface area (Å²) in [6.07, 6.45) is 0. The van der Waals surface area contributed by atoms with E-state index in [9.17, 15) is 9.59 Å². The minimum atomic E-state index is -1.60. The van der Waals surface area contributed by atoms with Crippen molar-refractivity contribution >= 4 is 69.4 Å². The van der Waals surface area contributed by atoms with Gasteiger partial charge in [-0.2, -0.15) is 0 Å². The number of fused-ring (bicyclic) bond motifs is 4. The maximum absolute atomic E-state index is 14.2. The van der Waals surface area contributed by atoms with Gasteiger partial charge in [0.25, 0.3) is 0 Å². The predicted molar refractivity (Wildman–Crippen MR) is 193 cm³/mol. The average molecular weight is 702 g/mol. The molecule has 2 amide bonds. The summed E-state index contributed by atoms with van der Waals surface area (Å²) in [5.41, 5.74) is 2.20. The number of para-hydroxylation sites is 2. The number of amidine groups is 2. The Balaban J connectivity index is 1.20.